The molecule has 0 bridgehead atoms. The first kappa shape index (κ1) is 23.4. The molecule has 0 aliphatic carbocycles. The molecule has 0 amide bonds. The summed E-state index contributed by atoms with van der Waals surface area (Å²) in [4.78, 5) is 5.15. The average Bonchev–Trinajstić information content (AvgIpc) is 2.88. The minimum Gasteiger partial charge on any atom is -0.248 e. The van der Waals surface area contributed by atoms with E-state index in [-0.39, 0.29) is 0 Å². The van der Waals surface area contributed by atoms with E-state index in [4.69, 9.17) is 4.99 Å². The smallest absolute Gasteiger partial charge is 0.0716 e. The summed E-state index contributed by atoms with van der Waals surface area (Å²) in [5.41, 5.74) is 6.23. The normalized spacial score (nSPS) is 20.5. The molecule has 1 nitrogen and oxygen atoms in total. The zero-order chi connectivity index (χ0) is 23.4. The van der Waals surface area contributed by atoms with Gasteiger partial charge in [-0.1, -0.05) is 137 Å². The van der Waals surface area contributed by atoms with E-state index in [0.29, 0.717) is 0 Å². The lowest BCUT2D eigenvalue weighted by Gasteiger charge is -2.13. The summed E-state index contributed by atoms with van der Waals surface area (Å²) >= 11 is 3.67. The number of nitrogens with zero attached hydrogens (tertiary/aromatic N) is 1. The van der Waals surface area contributed by atoms with Gasteiger partial charge >= 0.3 is 0 Å². The van der Waals surface area contributed by atoms with Gasteiger partial charge in [-0.05, 0) is 41.8 Å². The van der Waals surface area contributed by atoms with E-state index in [0.717, 1.165) is 44.6 Å². The molecule has 1 heterocycles. The Kier molecular flexibility index (Phi) is 8.59. The number of fused-ring (bicyclic) bond motifs is 1. The van der Waals surface area contributed by atoms with Crippen molar-refractivity contribution >= 4 is 32.9 Å². The lowest BCUT2D eigenvalue weighted by atomic mass is 9.95. The molecule has 4 rings (SSSR count). The van der Waals surface area contributed by atoms with E-state index in [2.05, 4.69) is 113 Å². The van der Waals surface area contributed by atoms with Gasteiger partial charge in [0.1, 0.15) is 0 Å². The molecule has 3 aromatic carbocycles. The van der Waals surface area contributed by atoms with Crippen molar-refractivity contribution in [3.8, 4) is 0 Å². The first-order valence-corrected chi connectivity index (χ1v) is 12.1. The van der Waals surface area contributed by atoms with Crippen molar-refractivity contribution in [2.75, 3.05) is 0 Å². The van der Waals surface area contributed by atoms with E-state index in [1.807, 2.05) is 48.6 Å². The Morgan fingerprint density at radius 3 is 2.00 bits per heavy atom. The number of halogens is 1. The van der Waals surface area contributed by atoms with Crippen LogP contribution in [0.15, 0.2) is 155 Å². The lowest BCUT2D eigenvalue weighted by molar-refractivity contribution is 1.39. The van der Waals surface area contributed by atoms with Crippen molar-refractivity contribution < 1.29 is 0 Å². The molecule has 0 N–H and O–H groups in total. The second kappa shape index (κ2) is 12.5. The molecule has 0 saturated carbocycles. The van der Waals surface area contributed by atoms with Crippen LogP contribution >= 0.6 is 15.9 Å². The van der Waals surface area contributed by atoms with Crippen LogP contribution in [0, 0.1) is 0 Å². The van der Waals surface area contributed by atoms with Crippen LogP contribution in [0.2, 0.25) is 0 Å². The van der Waals surface area contributed by atoms with Crippen molar-refractivity contribution in [3.05, 3.63) is 167 Å². The summed E-state index contributed by atoms with van der Waals surface area (Å²) in [5, 5.41) is 0. The van der Waals surface area contributed by atoms with Gasteiger partial charge in [-0.3, -0.25) is 0 Å². The van der Waals surface area contributed by atoms with Gasteiger partial charge in [-0.15, -0.1) is 0 Å². The molecule has 0 radical (unpaired) electrons. The molecule has 0 aromatic heterocycles. The fourth-order valence-corrected chi connectivity index (χ4v) is 3.96. The first-order valence-electron chi connectivity index (χ1n) is 11.3. The molecule has 2 heteroatoms. The van der Waals surface area contributed by atoms with Gasteiger partial charge in [-0.25, -0.2) is 4.99 Å². The van der Waals surface area contributed by atoms with Gasteiger partial charge in [-0.2, -0.15) is 0 Å². The number of hydrogen-bond acceptors (Lipinski definition) is 1. The van der Waals surface area contributed by atoms with Gasteiger partial charge in [0.25, 0.3) is 0 Å². The zero-order valence-corrected chi connectivity index (χ0v) is 20.5. The highest BCUT2D eigenvalue weighted by molar-refractivity contribution is 9.10. The highest BCUT2D eigenvalue weighted by Gasteiger charge is 2.11. The Morgan fingerprint density at radius 2 is 1.26 bits per heavy atom. The third-order valence-corrected chi connectivity index (χ3v) is 5.75. The molecule has 0 unspecified atom stereocenters. The van der Waals surface area contributed by atoms with Crippen LogP contribution in [0.3, 0.4) is 0 Å². The highest BCUT2D eigenvalue weighted by Crippen LogP contribution is 2.34. The van der Waals surface area contributed by atoms with Crippen molar-refractivity contribution in [2.45, 2.75) is 6.42 Å². The van der Waals surface area contributed by atoms with E-state index < -0.39 is 0 Å². The molecule has 0 atom stereocenters. The summed E-state index contributed by atoms with van der Waals surface area (Å²) in [6.45, 7) is 0. The Hall–Kier alpha value is -3.75. The Bertz CT molecular complexity index is 1300. The minimum absolute atomic E-state index is 0.889. The topological polar surface area (TPSA) is 12.4 Å². The quantitative estimate of drug-likeness (QED) is 0.330. The fourth-order valence-electron chi connectivity index (χ4n) is 3.60. The third kappa shape index (κ3) is 6.63. The van der Waals surface area contributed by atoms with Crippen molar-refractivity contribution in [1.29, 1.82) is 0 Å². The molecule has 34 heavy (non-hydrogen) atoms. The predicted molar refractivity (Wildman–Crippen MR) is 151 cm³/mol. The molecule has 0 spiro atoms. The molecular formula is C32H26BrN. The van der Waals surface area contributed by atoms with Gasteiger partial charge in [0.15, 0.2) is 0 Å². The zero-order valence-electron chi connectivity index (χ0n) is 18.9. The largest absolute Gasteiger partial charge is 0.248 e. The summed E-state index contributed by atoms with van der Waals surface area (Å²) in [7, 11) is 0. The van der Waals surface area contributed by atoms with Crippen molar-refractivity contribution in [2.24, 2.45) is 4.99 Å². The van der Waals surface area contributed by atoms with Crippen LogP contribution in [0.4, 0.5) is 5.69 Å². The summed E-state index contributed by atoms with van der Waals surface area (Å²) in [6, 6.07) is 27.0. The van der Waals surface area contributed by atoms with Crippen LogP contribution in [-0.4, -0.2) is 5.71 Å². The molecule has 166 valence electrons. The number of aliphatic imine (C=N–C) groups is 1. The maximum atomic E-state index is 5.15. The van der Waals surface area contributed by atoms with Crippen LogP contribution in [0.1, 0.15) is 23.1 Å². The van der Waals surface area contributed by atoms with Crippen molar-refractivity contribution in [1.82, 2.24) is 0 Å². The summed E-state index contributed by atoms with van der Waals surface area (Å²) < 4.78 is 1.02. The monoisotopic (exact) mass is 503 g/mol. The fraction of sp³-hybridized carbons (Fsp3) is 0.0312. The molecule has 0 saturated heterocycles. The molecule has 0 fully saturated rings. The second-order valence-corrected chi connectivity index (χ2v) is 8.61. The highest BCUT2D eigenvalue weighted by atomic mass is 79.9. The third-order valence-electron chi connectivity index (χ3n) is 5.26. The maximum absolute atomic E-state index is 5.15. The van der Waals surface area contributed by atoms with E-state index >= 15 is 0 Å². The summed E-state index contributed by atoms with van der Waals surface area (Å²) in [5.74, 6) is 0. The molecular weight excluding hydrogens is 478 g/mol. The molecule has 3 aromatic rings. The Balaban J connectivity index is 1.93. The molecule has 1 aliphatic heterocycles. The standard InChI is InChI=1S/C32H26BrN/c33-28-23-24-32-30(25-28)29(26-17-11-9-12-18-26)21-15-7-5-3-1-2-4-6-8-16-22-31(34-32)27-19-13-10-14-20-27/h2-25H,1H2/b4-2-,5-3-,8-6+,15-7+,22-16+,29-21+,34-31?. The molecule has 1 aliphatic rings. The summed E-state index contributed by atoms with van der Waals surface area (Å²) in [6.07, 6.45) is 23.8. The van der Waals surface area contributed by atoms with Crippen LogP contribution < -0.4 is 0 Å². The van der Waals surface area contributed by atoms with E-state index in [1.54, 1.807) is 0 Å². The van der Waals surface area contributed by atoms with Crippen molar-refractivity contribution in [3.63, 3.8) is 0 Å². The average molecular weight is 504 g/mol. The predicted octanol–water partition coefficient (Wildman–Crippen LogP) is 9.19. The first-order chi connectivity index (χ1) is 16.8. The Labute approximate surface area is 210 Å². The van der Waals surface area contributed by atoms with Crippen LogP contribution in [0.5, 0.6) is 0 Å². The number of allylic oxidation sites excluding steroid dienone is 11. The van der Waals surface area contributed by atoms with Gasteiger partial charge in [0, 0.05) is 15.6 Å². The van der Waals surface area contributed by atoms with E-state index in [1.165, 1.54) is 0 Å². The van der Waals surface area contributed by atoms with Gasteiger partial charge in [0.05, 0.1) is 11.4 Å². The lowest BCUT2D eigenvalue weighted by Crippen LogP contribution is -1.97. The second-order valence-electron chi connectivity index (χ2n) is 7.69. The SMILES string of the molecule is Brc1ccc2c(c1)/C(c1ccccc1)=C/C=C/C=C\C\C=C/C=C/C=C/C(c1ccccc1)=N2. The maximum Gasteiger partial charge on any atom is 0.0716 e. The van der Waals surface area contributed by atoms with Gasteiger partial charge < -0.3 is 0 Å². The van der Waals surface area contributed by atoms with Gasteiger partial charge in [0.2, 0.25) is 0 Å². The van der Waals surface area contributed by atoms with Crippen LogP contribution in [-0.2, 0) is 0 Å². The number of rotatable bonds is 2. The number of benzene rings is 3. The van der Waals surface area contributed by atoms with E-state index in [9.17, 15) is 0 Å². The number of hydrogen-bond donors (Lipinski definition) is 0. The van der Waals surface area contributed by atoms with Crippen LogP contribution in [0.25, 0.3) is 5.57 Å². The Morgan fingerprint density at radius 1 is 0.618 bits per heavy atom. The minimum atomic E-state index is 0.889.